The fourth-order valence-electron chi connectivity index (χ4n) is 11.5. The molecular formula is C59H72Cl2Zr. The van der Waals surface area contributed by atoms with Gasteiger partial charge < -0.3 is 24.8 Å². The summed E-state index contributed by atoms with van der Waals surface area (Å²) in [5, 5.41) is 0. The van der Waals surface area contributed by atoms with Crippen LogP contribution in [0.5, 0.6) is 0 Å². The van der Waals surface area contributed by atoms with Gasteiger partial charge in [-0.25, -0.2) is 0 Å². The first kappa shape index (κ1) is 48.6. The number of hydrogen-bond acceptors (Lipinski definition) is 0. The zero-order chi connectivity index (χ0) is 43.6. The summed E-state index contributed by atoms with van der Waals surface area (Å²) in [6.07, 6.45) is 9.99. The van der Waals surface area contributed by atoms with Crippen molar-refractivity contribution >= 4 is 14.4 Å². The Morgan fingerprint density at radius 1 is 0.565 bits per heavy atom. The summed E-state index contributed by atoms with van der Waals surface area (Å²) in [4.78, 5) is 0. The standard InChI is InChI=1S/C25H25.C21H26.C13H21.2ClH.Zr/c1-14-12-24(3,4)22-8-16-7-17-9-23-19(15(2)13-25(23,5)6)11-21(17)20(16)10-18(14)22;1-20(2,3)18-11-7-16(8-12-18)15-17-9-13-19(14-10-17)21(4,5)6;1-6-10-8-11(7-2)12(9-10)13(3,4)5;;;/h7-13H,1-6H3;7-14H,1-6H3;9-10H,6-7H2,1-5H3;2*1H;/q;;;;;+2/p-2. The number of fused-ring (bicyclic) bond motifs is 5. The van der Waals surface area contributed by atoms with E-state index in [4.69, 9.17) is 0 Å². The van der Waals surface area contributed by atoms with E-state index in [-0.39, 0.29) is 51.9 Å². The fourth-order valence-corrected chi connectivity index (χ4v) is 21.9. The van der Waals surface area contributed by atoms with Gasteiger partial charge in [0.15, 0.2) is 0 Å². The van der Waals surface area contributed by atoms with Crippen LogP contribution in [0.4, 0.5) is 0 Å². The van der Waals surface area contributed by atoms with Gasteiger partial charge >= 0.3 is 375 Å². The van der Waals surface area contributed by atoms with Gasteiger partial charge in [-0.05, 0) is 0 Å². The van der Waals surface area contributed by atoms with Crippen LogP contribution in [0.2, 0.25) is 0 Å². The van der Waals surface area contributed by atoms with Crippen molar-refractivity contribution in [1.82, 2.24) is 0 Å². The molecular weight excluding hydrogens is 871 g/mol. The Hall–Kier alpha value is -2.83. The summed E-state index contributed by atoms with van der Waals surface area (Å²) < 4.78 is 3.83. The molecule has 4 aliphatic carbocycles. The van der Waals surface area contributed by atoms with E-state index in [0.29, 0.717) is 9.54 Å². The van der Waals surface area contributed by atoms with Crippen molar-refractivity contribution < 1.29 is 46.1 Å². The summed E-state index contributed by atoms with van der Waals surface area (Å²) >= 11 is -3.19. The van der Waals surface area contributed by atoms with Crippen LogP contribution in [0, 0.1) is 11.3 Å². The maximum atomic E-state index is 2.74. The second-order valence-electron chi connectivity index (χ2n) is 23.0. The van der Waals surface area contributed by atoms with Crippen molar-refractivity contribution in [2.45, 2.75) is 156 Å². The molecule has 0 nitrogen and oxygen atoms in total. The number of benzene rings is 4. The van der Waals surface area contributed by atoms with Crippen LogP contribution in [-0.4, -0.2) is 3.21 Å². The average Bonchev–Trinajstić information content (AvgIpc) is 3.83. The van der Waals surface area contributed by atoms with Crippen LogP contribution in [0.3, 0.4) is 0 Å². The van der Waals surface area contributed by atoms with Crippen molar-refractivity contribution in [1.29, 1.82) is 0 Å². The molecule has 4 aromatic carbocycles. The Kier molecular flexibility index (Phi) is 13.0. The monoisotopic (exact) mass is 940 g/mol. The number of hydrogen-bond donors (Lipinski definition) is 0. The van der Waals surface area contributed by atoms with Gasteiger partial charge in [0.25, 0.3) is 0 Å². The predicted molar refractivity (Wildman–Crippen MR) is 259 cm³/mol. The molecule has 0 radical (unpaired) electrons. The van der Waals surface area contributed by atoms with Crippen molar-refractivity contribution in [2.75, 3.05) is 0 Å². The van der Waals surface area contributed by atoms with Crippen LogP contribution in [-0.2, 0) is 42.9 Å². The second-order valence-corrected chi connectivity index (χ2v) is 29.0. The molecule has 0 saturated heterocycles. The number of rotatable bonds is 6. The molecule has 0 aliphatic heterocycles. The van der Waals surface area contributed by atoms with Crippen LogP contribution < -0.4 is 24.8 Å². The molecule has 0 heterocycles. The maximum Gasteiger partial charge on any atom is -1.00 e. The van der Waals surface area contributed by atoms with Gasteiger partial charge in [-0.3, -0.25) is 0 Å². The van der Waals surface area contributed by atoms with Crippen molar-refractivity contribution in [3.8, 4) is 11.1 Å². The Morgan fingerprint density at radius 2 is 0.968 bits per heavy atom. The van der Waals surface area contributed by atoms with E-state index in [0.717, 1.165) is 12.8 Å². The normalized spacial score (nSPS) is 18.4. The van der Waals surface area contributed by atoms with Crippen molar-refractivity contribution in [3.05, 3.63) is 161 Å². The molecule has 8 rings (SSSR count). The Morgan fingerprint density at radius 3 is 1.31 bits per heavy atom. The fraction of sp³-hybridized carbons (Fsp3) is 0.441. The van der Waals surface area contributed by atoms with Gasteiger partial charge in [0.2, 0.25) is 0 Å². The summed E-state index contributed by atoms with van der Waals surface area (Å²) in [5.41, 5.74) is 24.0. The first-order valence-corrected chi connectivity index (χ1v) is 26.9. The van der Waals surface area contributed by atoms with E-state index in [9.17, 15) is 0 Å². The summed E-state index contributed by atoms with van der Waals surface area (Å²) in [5.74, 6) is 0.443. The van der Waals surface area contributed by atoms with Crippen LogP contribution in [0.25, 0.3) is 22.3 Å². The van der Waals surface area contributed by atoms with Crippen LogP contribution in [0.1, 0.15) is 190 Å². The molecule has 62 heavy (non-hydrogen) atoms. The molecule has 0 spiro atoms. The molecule has 3 heteroatoms. The van der Waals surface area contributed by atoms with Gasteiger partial charge in [0.05, 0.1) is 0 Å². The number of halogens is 2. The molecule has 4 aliphatic rings. The van der Waals surface area contributed by atoms with E-state index in [1.54, 1.807) is 25.5 Å². The SMILES string of the molecule is CCC1=[C]([Zr+2](=[C](c2ccc(C(C)(C)C)cc2)c2ccc(C(C)(C)C)cc2)[CH]2c3cc4c(cc3-c3cc5c(cc32)C(C)(C)C=C5C)C(C)=CC4(C)C)C(CC)C=C1C(C)(C)C.[Cl-].[Cl-]. The first-order valence-electron chi connectivity index (χ1n) is 23.1. The second kappa shape index (κ2) is 16.6. The molecule has 4 aromatic rings. The zero-order valence-corrected chi connectivity index (χ0v) is 45.0. The quantitative estimate of drug-likeness (QED) is 0.181. The van der Waals surface area contributed by atoms with E-state index < -0.39 is 21.3 Å². The predicted octanol–water partition coefficient (Wildman–Crippen LogP) is 10.3. The number of allylic oxidation sites excluding steroid dienone is 8. The third-order valence-corrected chi connectivity index (χ3v) is 23.4. The maximum absolute atomic E-state index is 3.19. The van der Waals surface area contributed by atoms with Gasteiger partial charge in [0.1, 0.15) is 0 Å². The Balaban J connectivity index is 0.00000321. The van der Waals surface area contributed by atoms with E-state index in [2.05, 4.69) is 209 Å². The topological polar surface area (TPSA) is 0 Å². The molecule has 0 saturated carbocycles. The molecule has 0 fully saturated rings. The molecule has 1 atom stereocenters. The van der Waals surface area contributed by atoms with E-state index in [1.165, 1.54) is 66.8 Å². The molecule has 0 amide bonds. The minimum atomic E-state index is -3.19. The van der Waals surface area contributed by atoms with E-state index in [1.807, 2.05) is 3.28 Å². The Bertz CT molecular complexity index is 2450. The zero-order valence-electron chi connectivity index (χ0n) is 41.0. The molecule has 1 unspecified atom stereocenters. The van der Waals surface area contributed by atoms with Crippen LogP contribution in [0.15, 0.2) is 105 Å². The minimum Gasteiger partial charge on any atom is -1.00 e. The third kappa shape index (κ3) is 8.11. The summed E-state index contributed by atoms with van der Waals surface area (Å²) in [6.45, 7) is 40.8. The van der Waals surface area contributed by atoms with Crippen molar-refractivity contribution in [2.24, 2.45) is 11.3 Å². The largest absolute Gasteiger partial charge is 1.00 e. The molecule has 0 N–H and O–H groups in total. The van der Waals surface area contributed by atoms with Gasteiger partial charge in [-0.15, -0.1) is 0 Å². The van der Waals surface area contributed by atoms with Gasteiger partial charge in [-0.1, -0.05) is 0 Å². The minimum absolute atomic E-state index is 0. The first-order chi connectivity index (χ1) is 27.9. The third-order valence-electron chi connectivity index (χ3n) is 14.6. The molecule has 0 bridgehead atoms. The smallest absolute Gasteiger partial charge is 1.00 e. The van der Waals surface area contributed by atoms with Crippen molar-refractivity contribution in [3.63, 3.8) is 0 Å². The molecule has 0 aromatic heterocycles. The molecule has 326 valence electrons. The summed E-state index contributed by atoms with van der Waals surface area (Å²) in [6, 6.07) is 30.6. The van der Waals surface area contributed by atoms with Crippen LogP contribution >= 0.6 is 0 Å². The van der Waals surface area contributed by atoms with Gasteiger partial charge in [-0.2, -0.15) is 0 Å². The Labute approximate surface area is 396 Å². The average molecular weight is 943 g/mol. The van der Waals surface area contributed by atoms with E-state index >= 15 is 0 Å². The van der Waals surface area contributed by atoms with Gasteiger partial charge in [0, 0.05) is 0 Å². The summed E-state index contributed by atoms with van der Waals surface area (Å²) in [7, 11) is 0.